The number of rotatable bonds is 4. The second-order valence-electron chi connectivity index (χ2n) is 6.01. The quantitative estimate of drug-likeness (QED) is 0.886. The van der Waals surface area contributed by atoms with Crippen LogP contribution in [0.5, 0.6) is 0 Å². The van der Waals surface area contributed by atoms with Crippen LogP contribution in [-0.4, -0.2) is 31.7 Å². The highest BCUT2D eigenvalue weighted by Crippen LogP contribution is 2.25. The van der Waals surface area contributed by atoms with Gasteiger partial charge in [0.05, 0.1) is 10.8 Å². The van der Waals surface area contributed by atoms with Crippen LogP contribution in [0.15, 0.2) is 59.5 Å². The Bertz CT molecular complexity index is 838. The number of nitrogens with zero attached hydrogens (tertiary/aromatic N) is 1. The van der Waals surface area contributed by atoms with E-state index in [0.717, 1.165) is 0 Å². The summed E-state index contributed by atoms with van der Waals surface area (Å²) in [5.41, 5.74) is 0.713. The van der Waals surface area contributed by atoms with Gasteiger partial charge in [-0.05, 0) is 49.2 Å². The normalized spacial score (nSPS) is 18.7. The molecule has 0 aromatic heterocycles. The fraction of sp³-hybridized carbons (Fsp3) is 0.278. The molecule has 1 aliphatic heterocycles. The first-order chi connectivity index (χ1) is 12.0. The first-order valence-corrected chi connectivity index (χ1v) is 9.90. The summed E-state index contributed by atoms with van der Waals surface area (Å²) in [6, 6.07) is 15.3. The molecule has 3 rings (SSSR count). The average molecular weight is 379 g/mol. The highest BCUT2D eigenvalue weighted by atomic mass is 35.5. The lowest BCUT2D eigenvalue weighted by atomic mass is 9.99. The van der Waals surface area contributed by atoms with Crippen LogP contribution in [-0.2, 0) is 14.8 Å². The third kappa shape index (κ3) is 4.21. The van der Waals surface area contributed by atoms with Gasteiger partial charge in [0.15, 0.2) is 0 Å². The number of carbonyl (C=O) groups excluding carboxylic acids is 1. The van der Waals surface area contributed by atoms with Crippen molar-refractivity contribution in [3.05, 3.63) is 59.6 Å². The smallest absolute Gasteiger partial charge is 0.243 e. The predicted octanol–water partition coefficient (Wildman–Crippen LogP) is 3.38. The van der Waals surface area contributed by atoms with Crippen molar-refractivity contribution in [1.29, 1.82) is 0 Å². The van der Waals surface area contributed by atoms with Crippen LogP contribution in [0.3, 0.4) is 0 Å². The zero-order chi connectivity index (χ0) is 17.9. The van der Waals surface area contributed by atoms with E-state index in [1.807, 2.05) is 30.3 Å². The fourth-order valence-corrected chi connectivity index (χ4v) is 4.55. The largest absolute Gasteiger partial charge is 0.326 e. The molecule has 1 aliphatic rings. The van der Waals surface area contributed by atoms with Crippen LogP contribution in [0.4, 0.5) is 5.69 Å². The minimum atomic E-state index is -3.62. The third-order valence-corrected chi connectivity index (χ3v) is 6.38. The van der Waals surface area contributed by atoms with Gasteiger partial charge in [-0.25, -0.2) is 8.42 Å². The zero-order valence-electron chi connectivity index (χ0n) is 13.6. The van der Waals surface area contributed by atoms with Crippen molar-refractivity contribution in [2.75, 3.05) is 18.4 Å². The van der Waals surface area contributed by atoms with Crippen molar-refractivity contribution >= 4 is 33.2 Å². The van der Waals surface area contributed by atoms with Gasteiger partial charge in [0.25, 0.3) is 0 Å². The van der Waals surface area contributed by atoms with E-state index in [1.165, 1.54) is 16.4 Å². The number of para-hydroxylation sites is 1. The van der Waals surface area contributed by atoms with Crippen LogP contribution in [0.2, 0.25) is 5.02 Å². The lowest BCUT2D eigenvalue weighted by Gasteiger charge is -2.31. The summed E-state index contributed by atoms with van der Waals surface area (Å²) in [6.07, 6.45) is 1.32. The molecule has 0 saturated carbocycles. The zero-order valence-corrected chi connectivity index (χ0v) is 15.1. The monoisotopic (exact) mass is 378 g/mol. The Morgan fingerprint density at radius 1 is 1.08 bits per heavy atom. The molecule has 25 heavy (non-hydrogen) atoms. The van der Waals surface area contributed by atoms with E-state index in [1.54, 1.807) is 12.1 Å². The molecule has 2 aromatic carbocycles. The highest BCUT2D eigenvalue weighted by Gasteiger charge is 2.33. The van der Waals surface area contributed by atoms with E-state index in [9.17, 15) is 13.2 Å². The number of piperidine rings is 1. The van der Waals surface area contributed by atoms with Crippen LogP contribution >= 0.6 is 11.6 Å². The molecule has 5 nitrogen and oxygen atoms in total. The number of sulfonamides is 1. The van der Waals surface area contributed by atoms with Gasteiger partial charge in [-0.3, -0.25) is 4.79 Å². The topological polar surface area (TPSA) is 66.5 Å². The molecule has 1 fully saturated rings. The first-order valence-electron chi connectivity index (χ1n) is 8.08. The minimum absolute atomic E-state index is 0.151. The number of hydrogen-bond donors (Lipinski definition) is 1. The van der Waals surface area contributed by atoms with E-state index in [4.69, 9.17) is 11.6 Å². The summed E-state index contributed by atoms with van der Waals surface area (Å²) in [5.74, 6) is -0.516. The molecule has 1 amide bonds. The maximum Gasteiger partial charge on any atom is 0.243 e. The number of amides is 1. The van der Waals surface area contributed by atoms with Crippen molar-refractivity contribution in [2.45, 2.75) is 17.7 Å². The van der Waals surface area contributed by atoms with Crippen LogP contribution < -0.4 is 5.32 Å². The maximum atomic E-state index is 12.8. The summed E-state index contributed by atoms with van der Waals surface area (Å²) in [4.78, 5) is 12.7. The van der Waals surface area contributed by atoms with Gasteiger partial charge in [-0.1, -0.05) is 29.8 Å². The van der Waals surface area contributed by atoms with Gasteiger partial charge < -0.3 is 5.32 Å². The van der Waals surface area contributed by atoms with Gasteiger partial charge in [-0.2, -0.15) is 4.31 Å². The van der Waals surface area contributed by atoms with Crippen molar-refractivity contribution in [2.24, 2.45) is 5.92 Å². The Morgan fingerprint density at radius 3 is 2.44 bits per heavy atom. The molecule has 0 aliphatic carbocycles. The number of nitrogens with one attached hydrogen (secondary N) is 1. The average Bonchev–Trinajstić information content (AvgIpc) is 2.63. The van der Waals surface area contributed by atoms with Gasteiger partial charge >= 0.3 is 0 Å². The summed E-state index contributed by atoms with van der Waals surface area (Å²) < 4.78 is 26.9. The molecule has 0 bridgehead atoms. The Kier molecular flexibility index (Phi) is 5.42. The first kappa shape index (κ1) is 17.9. The number of anilines is 1. The van der Waals surface area contributed by atoms with E-state index in [2.05, 4.69) is 5.32 Å². The Hall–Kier alpha value is -1.89. The van der Waals surface area contributed by atoms with Crippen LogP contribution in [0.25, 0.3) is 0 Å². The number of halogens is 1. The Labute approximate surface area is 152 Å². The molecular weight excluding hydrogens is 360 g/mol. The fourth-order valence-electron chi connectivity index (χ4n) is 2.90. The number of carbonyl (C=O) groups is 1. The molecule has 7 heteroatoms. The van der Waals surface area contributed by atoms with Gasteiger partial charge in [0.1, 0.15) is 0 Å². The third-order valence-electron chi connectivity index (χ3n) is 4.25. The minimum Gasteiger partial charge on any atom is -0.326 e. The Balaban J connectivity index is 1.72. The Morgan fingerprint density at radius 2 is 1.76 bits per heavy atom. The highest BCUT2D eigenvalue weighted by molar-refractivity contribution is 7.89. The molecule has 132 valence electrons. The van der Waals surface area contributed by atoms with Crippen molar-refractivity contribution in [1.82, 2.24) is 4.31 Å². The molecular formula is C18H19ClN2O3S. The van der Waals surface area contributed by atoms with E-state index >= 15 is 0 Å². The second-order valence-corrected chi connectivity index (χ2v) is 8.39. The predicted molar refractivity (Wildman–Crippen MR) is 98.0 cm³/mol. The van der Waals surface area contributed by atoms with E-state index in [0.29, 0.717) is 30.1 Å². The van der Waals surface area contributed by atoms with E-state index < -0.39 is 10.0 Å². The molecule has 1 saturated heterocycles. The number of benzene rings is 2. The van der Waals surface area contributed by atoms with E-state index in [-0.39, 0.29) is 23.3 Å². The second kappa shape index (κ2) is 7.56. The molecule has 2 aromatic rings. The summed E-state index contributed by atoms with van der Waals surface area (Å²) >= 11 is 5.83. The molecule has 1 N–H and O–H groups in total. The van der Waals surface area contributed by atoms with Crippen molar-refractivity contribution < 1.29 is 13.2 Å². The SMILES string of the molecule is O=C(Nc1ccccc1)C1CCCN(S(=O)(=O)c2ccc(Cl)cc2)C1. The van der Waals surface area contributed by atoms with Crippen molar-refractivity contribution in [3.8, 4) is 0 Å². The molecule has 0 radical (unpaired) electrons. The molecule has 1 atom stereocenters. The van der Waals surface area contributed by atoms with Gasteiger partial charge in [0.2, 0.25) is 15.9 Å². The van der Waals surface area contributed by atoms with Crippen molar-refractivity contribution in [3.63, 3.8) is 0 Å². The van der Waals surface area contributed by atoms with Crippen LogP contribution in [0, 0.1) is 5.92 Å². The van der Waals surface area contributed by atoms with Gasteiger partial charge in [-0.15, -0.1) is 0 Å². The summed E-state index contributed by atoms with van der Waals surface area (Å²) in [5, 5.41) is 3.34. The maximum absolute atomic E-state index is 12.8. The molecule has 0 spiro atoms. The van der Waals surface area contributed by atoms with Gasteiger partial charge in [0, 0.05) is 23.8 Å². The lowest BCUT2D eigenvalue weighted by molar-refractivity contribution is -0.120. The summed E-state index contributed by atoms with van der Waals surface area (Å²) in [7, 11) is -3.62. The van der Waals surface area contributed by atoms with Crippen LogP contribution in [0.1, 0.15) is 12.8 Å². The molecule has 1 heterocycles. The standard InChI is InChI=1S/C18H19ClN2O3S/c19-15-8-10-17(11-9-15)25(23,24)21-12-4-5-14(13-21)18(22)20-16-6-2-1-3-7-16/h1-3,6-11,14H,4-5,12-13H2,(H,20,22). The number of hydrogen-bond acceptors (Lipinski definition) is 3. The molecule has 1 unspecified atom stereocenters. The summed E-state index contributed by atoms with van der Waals surface area (Å²) in [6.45, 7) is 0.601. The lowest BCUT2D eigenvalue weighted by Crippen LogP contribution is -2.43.